The van der Waals surface area contributed by atoms with Crippen molar-refractivity contribution < 1.29 is 4.74 Å². The second-order valence-corrected chi connectivity index (χ2v) is 7.12. The van der Waals surface area contributed by atoms with Crippen molar-refractivity contribution in [2.24, 2.45) is 10.7 Å². The molecule has 0 saturated carbocycles. The number of morpholine rings is 1. The Balaban J connectivity index is 1.48. The minimum absolute atomic E-state index is 0.224. The highest BCUT2D eigenvalue weighted by Gasteiger charge is 2.30. The first-order valence-electron chi connectivity index (χ1n) is 7.81. The van der Waals surface area contributed by atoms with E-state index in [9.17, 15) is 0 Å². The average molecular weight is 298 g/mol. The van der Waals surface area contributed by atoms with Gasteiger partial charge in [0.05, 0.1) is 19.3 Å². The highest BCUT2D eigenvalue weighted by molar-refractivity contribution is 7.99. The van der Waals surface area contributed by atoms with E-state index in [4.69, 9.17) is 10.5 Å². The van der Waals surface area contributed by atoms with Crippen molar-refractivity contribution in [3.63, 3.8) is 0 Å². The van der Waals surface area contributed by atoms with Gasteiger partial charge in [-0.3, -0.25) is 9.89 Å². The molecule has 3 aliphatic heterocycles. The zero-order chi connectivity index (χ0) is 13.8. The molecule has 3 heterocycles. The summed E-state index contributed by atoms with van der Waals surface area (Å²) in [6, 6.07) is 0.653. The van der Waals surface area contributed by atoms with E-state index in [0.29, 0.717) is 18.5 Å². The van der Waals surface area contributed by atoms with E-state index in [1.54, 1.807) is 0 Å². The number of ether oxygens (including phenoxy) is 1. The van der Waals surface area contributed by atoms with Crippen LogP contribution in [0, 0.1) is 0 Å². The van der Waals surface area contributed by atoms with Crippen LogP contribution in [0.4, 0.5) is 0 Å². The molecule has 20 heavy (non-hydrogen) atoms. The van der Waals surface area contributed by atoms with Crippen molar-refractivity contribution in [1.82, 2.24) is 9.80 Å². The Hall–Kier alpha value is -0.460. The highest BCUT2D eigenvalue weighted by atomic mass is 32.2. The maximum Gasteiger partial charge on any atom is 0.191 e. The lowest BCUT2D eigenvalue weighted by atomic mass is 10.0. The first-order chi connectivity index (χ1) is 9.83. The van der Waals surface area contributed by atoms with E-state index < -0.39 is 0 Å². The van der Waals surface area contributed by atoms with Gasteiger partial charge in [-0.1, -0.05) is 6.42 Å². The lowest BCUT2D eigenvalue weighted by Crippen LogP contribution is -2.52. The molecule has 2 atom stereocenters. The predicted molar refractivity (Wildman–Crippen MR) is 84.3 cm³/mol. The van der Waals surface area contributed by atoms with Crippen LogP contribution in [0.3, 0.4) is 0 Å². The molecule has 114 valence electrons. The molecule has 0 aromatic heterocycles. The summed E-state index contributed by atoms with van der Waals surface area (Å²) in [5.41, 5.74) is 6.09. The van der Waals surface area contributed by atoms with Crippen LogP contribution < -0.4 is 5.73 Å². The SMILES string of the molecule is NC(=NC[C@H]1CN2CCCC[C@@H]2CO1)N1CCSCC1. The van der Waals surface area contributed by atoms with E-state index in [2.05, 4.69) is 14.8 Å². The third-order valence-electron chi connectivity index (χ3n) is 4.50. The van der Waals surface area contributed by atoms with Crippen molar-refractivity contribution >= 4 is 17.7 Å². The summed E-state index contributed by atoms with van der Waals surface area (Å²) >= 11 is 1.99. The smallest absolute Gasteiger partial charge is 0.191 e. The number of aliphatic imine (C=N–C) groups is 1. The molecule has 2 N–H and O–H groups in total. The number of hydrogen-bond donors (Lipinski definition) is 1. The fraction of sp³-hybridized carbons (Fsp3) is 0.929. The molecule has 3 fully saturated rings. The topological polar surface area (TPSA) is 54.1 Å². The van der Waals surface area contributed by atoms with Gasteiger partial charge in [-0.05, 0) is 19.4 Å². The van der Waals surface area contributed by atoms with Crippen LogP contribution in [0.1, 0.15) is 19.3 Å². The fourth-order valence-corrected chi connectivity index (χ4v) is 4.15. The highest BCUT2D eigenvalue weighted by Crippen LogP contribution is 2.22. The molecular formula is C14H26N4OS. The number of thioether (sulfide) groups is 1. The Morgan fingerprint density at radius 1 is 1.25 bits per heavy atom. The molecular weight excluding hydrogens is 272 g/mol. The van der Waals surface area contributed by atoms with Gasteiger partial charge in [0.15, 0.2) is 5.96 Å². The van der Waals surface area contributed by atoms with E-state index in [0.717, 1.165) is 37.7 Å². The van der Waals surface area contributed by atoms with Crippen LogP contribution in [-0.2, 0) is 4.74 Å². The molecule has 0 unspecified atom stereocenters. The molecule has 0 aromatic carbocycles. The number of nitrogens with zero attached hydrogens (tertiary/aromatic N) is 3. The largest absolute Gasteiger partial charge is 0.373 e. The minimum Gasteiger partial charge on any atom is -0.373 e. The zero-order valence-corrected chi connectivity index (χ0v) is 13.0. The summed E-state index contributed by atoms with van der Waals surface area (Å²) in [5.74, 6) is 3.02. The van der Waals surface area contributed by atoms with Gasteiger partial charge in [0.25, 0.3) is 0 Å². The molecule has 0 aliphatic carbocycles. The second kappa shape index (κ2) is 7.00. The van der Waals surface area contributed by atoms with Gasteiger partial charge < -0.3 is 15.4 Å². The first kappa shape index (κ1) is 14.5. The molecule has 0 bridgehead atoms. The Kier molecular flexibility index (Phi) is 5.07. The number of rotatable bonds is 2. The molecule has 0 spiro atoms. The molecule has 5 nitrogen and oxygen atoms in total. The summed E-state index contributed by atoms with van der Waals surface area (Å²) in [6.45, 7) is 5.89. The van der Waals surface area contributed by atoms with Crippen LogP contribution in [0.15, 0.2) is 4.99 Å². The van der Waals surface area contributed by atoms with Crippen LogP contribution >= 0.6 is 11.8 Å². The number of guanidine groups is 1. The number of nitrogens with two attached hydrogens (primary N) is 1. The zero-order valence-electron chi connectivity index (χ0n) is 12.2. The summed E-state index contributed by atoms with van der Waals surface area (Å²) in [5, 5.41) is 0. The second-order valence-electron chi connectivity index (χ2n) is 5.90. The summed E-state index contributed by atoms with van der Waals surface area (Å²) < 4.78 is 5.96. The van der Waals surface area contributed by atoms with Gasteiger partial charge >= 0.3 is 0 Å². The molecule has 0 amide bonds. The monoisotopic (exact) mass is 298 g/mol. The Morgan fingerprint density at radius 3 is 2.95 bits per heavy atom. The Morgan fingerprint density at radius 2 is 2.10 bits per heavy atom. The number of piperidine rings is 1. The van der Waals surface area contributed by atoms with Crippen LogP contribution in [0.25, 0.3) is 0 Å². The quantitative estimate of drug-likeness (QED) is 0.598. The van der Waals surface area contributed by atoms with Crippen LogP contribution in [0.2, 0.25) is 0 Å². The predicted octanol–water partition coefficient (Wildman–Crippen LogP) is 0.603. The first-order valence-corrected chi connectivity index (χ1v) is 8.96. The Bertz CT molecular complexity index is 346. The van der Waals surface area contributed by atoms with E-state index in [1.165, 1.54) is 25.8 Å². The molecule has 3 saturated heterocycles. The normalized spacial score (nSPS) is 33.0. The van der Waals surface area contributed by atoms with Crippen molar-refractivity contribution in [1.29, 1.82) is 0 Å². The van der Waals surface area contributed by atoms with Crippen molar-refractivity contribution in [3.05, 3.63) is 0 Å². The molecule has 3 rings (SSSR count). The maximum atomic E-state index is 6.09. The van der Waals surface area contributed by atoms with Crippen molar-refractivity contribution in [2.45, 2.75) is 31.4 Å². The van der Waals surface area contributed by atoms with E-state index >= 15 is 0 Å². The molecule has 3 aliphatic rings. The summed E-state index contributed by atoms with van der Waals surface area (Å²) in [6.07, 6.45) is 4.21. The molecule has 0 radical (unpaired) electrons. The number of hydrogen-bond acceptors (Lipinski definition) is 4. The maximum absolute atomic E-state index is 6.09. The lowest BCUT2D eigenvalue weighted by molar-refractivity contribution is -0.0702. The van der Waals surface area contributed by atoms with Crippen molar-refractivity contribution in [3.8, 4) is 0 Å². The van der Waals surface area contributed by atoms with Crippen LogP contribution in [-0.4, -0.2) is 78.7 Å². The van der Waals surface area contributed by atoms with Gasteiger partial charge in [-0.15, -0.1) is 0 Å². The fourth-order valence-electron chi connectivity index (χ4n) is 3.25. The van der Waals surface area contributed by atoms with Gasteiger partial charge in [0, 0.05) is 37.2 Å². The third-order valence-corrected chi connectivity index (χ3v) is 5.45. The van der Waals surface area contributed by atoms with Gasteiger partial charge in [0.1, 0.15) is 0 Å². The molecule has 6 heteroatoms. The summed E-state index contributed by atoms with van der Waals surface area (Å²) in [4.78, 5) is 9.35. The Labute approximate surface area is 125 Å². The standard InChI is InChI=1S/C14H26N4OS/c15-14(17-5-7-20-8-6-17)16-9-13-10-18-4-2-1-3-12(18)11-19-13/h12-13H,1-11H2,(H2,15,16)/t12-,13+/m1/s1. The van der Waals surface area contributed by atoms with Gasteiger partial charge in [-0.25, -0.2) is 0 Å². The third kappa shape index (κ3) is 3.59. The van der Waals surface area contributed by atoms with Crippen molar-refractivity contribution in [2.75, 3.05) is 50.8 Å². The van der Waals surface area contributed by atoms with Gasteiger partial charge in [-0.2, -0.15) is 11.8 Å². The summed E-state index contributed by atoms with van der Waals surface area (Å²) in [7, 11) is 0. The molecule has 0 aromatic rings. The van der Waals surface area contributed by atoms with E-state index in [-0.39, 0.29) is 6.10 Å². The number of fused-ring (bicyclic) bond motifs is 1. The lowest BCUT2D eigenvalue weighted by Gasteiger charge is -2.42. The average Bonchev–Trinajstić information content (AvgIpc) is 2.53. The minimum atomic E-state index is 0.224. The van der Waals surface area contributed by atoms with Gasteiger partial charge in [0.2, 0.25) is 0 Å². The van der Waals surface area contributed by atoms with E-state index in [1.807, 2.05) is 11.8 Å². The van der Waals surface area contributed by atoms with Crippen LogP contribution in [0.5, 0.6) is 0 Å².